The Morgan fingerprint density at radius 3 is 2.59 bits per heavy atom. The lowest BCUT2D eigenvalue weighted by Crippen LogP contribution is -2.43. The molecule has 39 heavy (non-hydrogen) atoms. The Bertz CT molecular complexity index is 1520. The zero-order chi connectivity index (χ0) is 27.7. The van der Waals surface area contributed by atoms with E-state index in [1.165, 1.54) is 20.4 Å². The van der Waals surface area contributed by atoms with Crippen LogP contribution in [0.5, 0.6) is 17.2 Å². The molecule has 1 atom stereocenters. The molecule has 0 radical (unpaired) electrons. The van der Waals surface area contributed by atoms with Crippen molar-refractivity contribution in [1.82, 2.24) is 19.3 Å². The van der Waals surface area contributed by atoms with Gasteiger partial charge in [0, 0.05) is 25.4 Å². The molecule has 1 amide bonds. The van der Waals surface area contributed by atoms with Gasteiger partial charge in [-0.15, -0.1) is 0 Å². The number of ether oxygens (including phenoxy) is 3. The number of methoxy groups -OCH3 is 2. The van der Waals surface area contributed by atoms with Gasteiger partial charge in [-0.1, -0.05) is 13.0 Å². The van der Waals surface area contributed by atoms with Crippen LogP contribution in [0.15, 0.2) is 54.9 Å². The van der Waals surface area contributed by atoms with E-state index in [1.807, 2.05) is 13.0 Å². The van der Waals surface area contributed by atoms with Crippen LogP contribution < -0.4 is 14.2 Å². The van der Waals surface area contributed by atoms with E-state index in [4.69, 9.17) is 14.2 Å². The number of carbonyl (C=O) groups excluding carboxylic acids is 1. The highest BCUT2D eigenvalue weighted by Crippen LogP contribution is 2.40. The number of fused-ring (bicyclic) bond motifs is 3. The average Bonchev–Trinajstić information content (AvgIpc) is 3.32. The first-order valence-electron chi connectivity index (χ1n) is 12.4. The fourth-order valence-corrected chi connectivity index (χ4v) is 4.94. The van der Waals surface area contributed by atoms with Gasteiger partial charge in [0.15, 0.2) is 18.1 Å². The van der Waals surface area contributed by atoms with Gasteiger partial charge in [-0.25, -0.2) is 4.98 Å². The number of pyridine rings is 2. The van der Waals surface area contributed by atoms with Crippen LogP contribution in [0.25, 0.3) is 5.65 Å². The third-order valence-corrected chi connectivity index (χ3v) is 6.80. The number of aromatic nitrogens is 3. The van der Waals surface area contributed by atoms with E-state index in [0.717, 1.165) is 17.8 Å². The molecular formula is C28H27F3N4O4. The second-order valence-electron chi connectivity index (χ2n) is 9.03. The Labute approximate surface area is 223 Å². The Hall–Kier alpha value is -4.28. The SMILES string of the molecule is CCc1ncccc1OCC(=O)N1CCc2nc3cc(C(F)(F)F)ccn3c2C1c1ccc(OC)c(OC)c1. The number of amides is 1. The molecule has 4 aromatic rings. The number of imidazole rings is 1. The molecule has 4 heterocycles. The van der Waals surface area contributed by atoms with Gasteiger partial charge in [0.2, 0.25) is 0 Å². The van der Waals surface area contributed by atoms with Crippen molar-refractivity contribution in [2.24, 2.45) is 0 Å². The first kappa shape index (κ1) is 26.3. The quantitative estimate of drug-likeness (QED) is 0.333. The maximum atomic E-state index is 13.6. The molecule has 1 unspecified atom stereocenters. The van der Waals surface area contributed by atoms with E-state index in [1.54, 1.807) is 39.8 Å². The van der Waals surface area contributed by atoms with Gasteiger partial charge in [0.25, 0.3) is 5.91 Å². The number of hydrogen-bond acceptors (Lipinski definition) is 6. The first-order valence-corrected chi connectivity index (χ1v) is 12.4. The molecule has 5 rings (SSSR count). The van der Waals surface area contributed by atoms with Crippen LogP contribution in [0.3, 0.4) is 0 Å². The Morgan fingerprint density at radius 2 is 1.87 bits per heavy atom. The molecule has 0 N–H and O–H groups in total. The van der Waals surface area contributed by atoms with Crippen LogP contribution >= 0.6 is 0 Å². The van der Waals surface area contributed by atoms with Crippen molar-refractivity contribution in [3.8, 4) is 17.2 Å². The van der Waals surface area contributed by atoms with Gasteiger partial charge in [-0.05, 0) is 48.4 Å². The Balaban J connectivity index is 1.58. The number of carbonyl (C=O) groups is 1. The van der Waals surface area contributed by atoms with Gasteiger partial charge in [0.05, 0.1) is 42.9 Å². The van der Waals surface area contributed by atoms with E-state index >= 15 is 0 Å². The number of benzene rings is 1. The molecule has 204 valence electrons. The third kappa shape index (κ3) is 4.96. The number of nitrogens with zero attached hydrogens (tertiary/aromatic N) is 4. The number of rotatable bonds is 7. The van der Waals surface area contributed by atoms with Crippen molar-refractivity contribution in [3.63, 3.8) is 0 Å². The molecule has 0 spiro atoms. The summed E-state index contributed by atoms with van der Waals surface area (Å²) in [6.07, 6.45) is -0.457. The molecule has 0 fully saturated rings. The zero-order valence-corrected chi connectivity index (χ0v) is 21.7. The number of hydrogen-bond donors (Lipinski definition) is 0. The van der Waals surface area contributed by atoms with Gasteiger partial charge in [0.1, 0.15) is 11.4 Å². The van der Waals surface area contributed by atoms with Crippen molar-refractivity contribution in [3.05, 3.63) is 83.1 Å². The number of aryl methyl sites for hydroxylation is 1. The molecule has 0 aliphatic carbocycles. The lowest BCUT2D eigenvalue weighted by molar-refractivity contribution is -0.137. The molecule has 0 saturated heterocycles. The minimum absolute atomic E-state index is 0.161. The molecule has 11 heteroatoms. The minimum atomic E-state index is -4.50. The average molecular weight is 541 g/mol. The van der Waals surface area contributed by atoms with Crippen molar-refractivity contribution >= 4 is 11.6 Å². The van der Waals surface area contributed by atoms with Crippen molar-refractivity contribution in [1.29, 1.82) is 0 Å². The van der Waals surface area contributed by atoms with Crippen LogP contribution in [0, 0.1) is 0 Å². The highest BCUT2D eigenvalue weighted by atomic mass is 19.4. The van der Waals surface area contributed by atoms with Crippen molar-refractivity contribution in [2.75, 3.05) is 27.4 Å². The Kier molecular flexibility index (Phi) is 7.07. The molecule has 8 nitrogen and oxygen atoms in total. The summed E-state index contributed by atoms with van der Waals surface area (Å²) in [4.78, 5) is 24.1. The van der Waals surface area contributed by atoms with Crippen LogP contribution in [-0.2, 0) is 23.8 Å². The maximum Gasteiger partial charge on any atom is 0.416 e. The van der Waals surface area contributed by atoms with Crippen molar-refractivity contribution in [2.45, 2.75) is 32.0 Å². The summed E-state index contributed by atoms with van der Waals surface area (Å²) in [6, 6.07) is 10.2. The molecular weight excluding hydrogens is 513 g/mol. The maximum absolute atomic E-state index is 13.6. The standard InChI is InChI=1S/C28H27F3N4O4/c1-4-19-21(6-5-11-32-19)39-16-25(36)35-13-10-20-27(26(35)17-7-8-22(37-2)23(14-17)38-3)34-12-9-18(28(29,30)31)15-24(34)33-20/h5-9,11-12,14-15,26H,4,10,13,16H2,1-3H3. The van der Waals surface area contributed by atoms with E-state index in [2.05, 4.69) is 9.97 Å². The smallest absolute Gasteiger partial charge is 0.416 e. The largest absolute Gasteiger partial charge is 0.493 e. The molecule has 3 aromatic heterocycles. The van der Waals surface area contributed by atoms with E-state index < -0.39 is 17.8 Å². The summed E-state index contributed by atoms with van der Waals surface area (Å²) in [7, 11) is 3.03. The van der Waals surface area contributed by atoms with Crippen molar-refractivity contribution < 1.29 is 32.2 Å². The van der Waals surface area contributed by atoms with E-state index in [9.17, 15) is 18.0 Å². The van der Waals surface area contributed by atoms with Crippen LogP contribution in [0.1, 0.15) is 41.2 Å². The van der Waals surface area contributed by atoms with E-state index in [-0.39, 0.29) is 18.2 Å². The van der Waals surface area contributed by atoms with Gasteiger partial charge < -0.3 is 23.5 Å². The topological polar surface area (TPSA) is 78.2 Å². The summed E-state index contributed by atoms with van der Waals surface area (Å²) < 4.78 is 58.6. The normalized spacial score (nSPS) is 15.2. The first-order chi connectivity index (χ1) is 18.7. The van der Waals surface area contributed by atoms with Crippen LogP contribution in [-0.4, -0.2) is 52.5 Å². The summed E-state index contributed by atoms with van der Waals surface area (Å²) in [5.74, 6) is 1.22. The van der Waals surface area contributed by atoms with Gasteiger partial charge in [-0.3, -0.25) is 9.78 Å². The third-order valence-electron chi connectivity index (χ3n) is 6.80. The second kappa shape index (κ2) is 10.5. The summed E-state index contributed by atoms with van der Waals surface area (Å²) in [5, 5.41) is 0. The predicted molar refractivity (Wildman–Crippen MR) is 136 cm³/mol. The highest BCUT2D eigenvalue weighted by molar-refractivity contribution is 5.79. The fraction of sp³-hybridized carbons (Fsp3) is 0.321. The van der Waals surface area contributed by atoms with Crippen LogP contribution in [0.2, 0.25) is 0 Å². The molecule has 0 saturated carbocycles. The van der Waals surface area contributed by atoms with E-state index in [0.29, 0.717) is 53.6 Å². The lowest BCUT2D eigenvalue weighted by Gasteiger charge is -2.36. The monoisotopic (exact) mass is 540 g/mol. The summed E-state index contributed by atoms with van der Waals surface area (Å²) >= 11 is 0. The Morgan fingerprint density at radius 1 is 1.08 bits per heavy atom. The number of halogens is 3. The minimum Gasteiger partial charge on any atom is -0.493 e. The molecule has 0 bridgehead atoms. The van der Waals surface area contributed by atoms with Gasteiger partial charge in [-0.2, -0.15) is 13.2 Å². The molecule has 1 aliphatic heterocycles. The van der Waals surface area contributed by atoms with Crippen LogP contribution in [0.4, 0.5) is 13.2 Å². The second-order valence-corrected chi connectivity index (χ2v) is 9.03. The zero-order valence-electron chi connectivity index (χ0n) is 21.7. The molecule has 1 aromatic carbocycles. The highest BCUT2D eigenvalue weighted by Gasteiger charge is 2.37. The summed E-state index contributed by atoms with van der Waals surface area (Å²) in [6.45, 7) is 2.02. The lowest BCUT2D eigenvalue weighted by atomic mass is 9.95. The van der Waals surface area contributed by atoms with Gasteiger partial charge >= 0.3 is 6.18 Å². The summed E-state index contributed by atoms with van der Waals surface area (Å²) in [5.41, 5.74) is 2.04. The molecule has 1 aliphatic rings. The number of alkyl halides is 3. The fourth-order valence-electron chi connectivity index (χ4n) is 4.94. The predicted octanol–water partition coefficient (Wildman–Crippen LogP) is 4.88.